The van der Waals surface area contributed by atoms with E-state index in [1.165, 1.54) is 11.8 Å². The Morgan fingerprint density at radius 3 is 2.76 bits per heavy atom. The maximum absolute atomic E-state index is 13.5. The Morgan fingerprint density at radius 1 is 1.18 bits per heavy atom. The fourth-order valence-corrected chi connectivity index (χ4v) is 5.35. The summed E-state index contributed by atoms with van der Waals surface area (Å²) in [6.07, 6.45) is 1.64. The zero-order chi connectivity index (χ0) is 23.5. The van der Waals surface area contributed by atoms with E-state index in [9.17, 15) is 4.79 Å². The van der Waals surface area contributed by atoms with Gasteiger partial charge in [-0.2, -0.15) is 0 Å². The molecule has 0 spiro atoms. The van der Waals surface area contributed by atoms with E-state index in [0.29, 0.717) is 43.0 Å². The Hall–Kier alpha value is -3.24. The molecule has 4 aromatic rings. The second kappa shape index (κ2) is 9.94. The molecule has 0 bridgehead atoms. The van der Waals surface area contributed by atoms with Crippen LogP contribution in [0.1, 0.15) is 17.6 Å². The molecule has 0 unspecified atom stereocenters. The van der Waals surface area contributed by atoms with Crippen LogP contribution in [0.25, 0.3) is 11.4 Å². The summed E-state index contributed by atoms with van der Waals surface area (Å²) in [5, 5.41) is 11.4. The first kappa shape index (κ1) is 22.5. The van der Waals surface area contributed by atoms with Gasteiger partial charge in [-0.3, -0.25) is 4.79 Å². The summed E-state index contributed by atoms with van der Waals surface area (Å²) in [5.74, 6) is 3.09. The predicted molar refractivity (Wildman–Crippen MR) is 132 cm³/mol. The molecule has 0 fully saturated rings. The number of thioether (sulfide) groups is 1. The number of carbonyl (C=O) groups excluding carboxylic acids is 1. The molecule has 0 saturated heterocycles. The smallest absolute Gasteiger partial charge is 0.237 e. The van der Waals surface area contributed by atoms with E-state index in [1.807, 2.05) is 60.2 Å². The molecule has 5 rings (SSSR count). The summed E-state index contributed by atoms with van der Waals surface area (Å²) in [6.45, 7) is 6.12. The summed E-state index contributed by atoms with van der Waals surface area (Å²) >= 11 is 3.01. The van der Waals surface area contributed by atoms with Crippen molar-refractivity contribution in [2.24, 2.45) is 0 Å². The number of furan rings is 1. The quantitative estimate of drug-likeness (QED) is 0.317. The minimum atomic E-state index is -0.0261. The fourth-order valence-electron chi connectivity index (χ4n) is 3.78. The van der Waals surface area contributed by atoms with E-state index in [0.717, 1.165) is 27.7 Å². The number of amides is 1. The highest BCUT2D eigenvalue weighted by atomic mass is 32.2. The van der Waals surface area contributed by atoms with Crippen LogP contribution in [0.15, 0.2) is 57.6 Å². The standard InChI is InChI=1S/C24H24N4O4S2/c1-3-27-23(19-8-9-30-16(19)2)25-26-24(27)34-15-22(29)28(14-18-5-4-12-33-18)17-6-7-20-21(13-17)32-11-10-31-20/h4-9,12-13H,3,10-11,14-15H2,1-2H3. The van der Waals surface area contributed by atoms with Gasteiger partial charge in [-0.25, -0.2) is 0 Å². The first-order valence-corrected chi connectivity index (χ1v) is 12.8. The van der Waals surface area contributed by atoms with Crippen molar-refractivity contribution < 1.29 is 18.7 Å². The minimum Gasteiger partial charge on any atom is -0.486 e. The lowest BCUT2D eigenvalue weighted by molar-refractivity contribution is -0.116. The van der Waals surface area contributed by atoms with Crippen molar-refractivity contribution in [2.45, 2.75) is 32.1 Å². The molecule has 1 aliphatic heterocycles. The topological polar surface area (TPSA) is 82.6 Å². The lowest BCUT2D eigenvalue weighted by atomic mass is 10.2. The Kier molecular flexibility index (Phi) is 6.59. The number of anilines is 1. The Bertz CT molecular complexity index is 1280. The second-order valence-electron chi connectivity index (χ2n) is 7.62. The maximum atomic E-state index is 13.5. The number of hydrogen-bond acceptors (Lipinski definition) is 8. The number of carbonyl (C=O) groups is 1. The van der Waals surface area contributed by atoms with Gasteiger partial charge in [0, 0.05) is 23.2 Å². The SMILES string of the molecule is CCn1c(SCC(=O)N(Cc2cccs2)c2ccc3c(c2)OCCO3)nnc1-c1ccoc1C. The molecule has 3 aromatic heterocycles. The summed E-state index contributed by atoms with van der Waals surface area (Å²) in [5.41, 5.74) is 1.68. The molecule has 0 atom stereocenters. The lowest BCUT2D eigenvalue weighted by Gasteiger charge is -2.25. The van der Waals surface area contributed by atoms with E-state index in [1.54, 1.807) is 22.5 Å². The highest BCUT2D eigenvalue weighted by Gasteiger charge is 2.22. The molecule has 0 radical (unpaired) electrons. The van der Waals surface area contributed by atoms with Crippen LogP contribution < -0.4 is 14.4 Å². The van der Waals surface area contributed by atoms with Gasteiger partial charge >= 0.3 is 0 Å². The van der Waals surface area contributed by atoms with Crippen molar-refractivity contribution in [1.29, 1.82) is 0 Å². The fraction of sp³-hybridized carbons (Fsp3) is 0.292. The van der Waals surface area contributed by atoms with Crippen LogP contribution in [-0.4, -0.2) is 39.6 Å². The lowest BCUT2D eigenvalue weighted by Crippen LogP contribution is -2.32. The van der Waals surface area contributed by atoms with Crippen LogP contribution in [0.3, 0.4) is 0 Å². The average molecular weight is 497 g/mol. The van der Waals surface area contributed by atoms with E-state index in [2.05, 4.69) is 10.2 Å². The van der Waals surface area contributed by atoms with Crippen LogP contribution in [-0.2, 0) is 17.9 Å². The molecule has 4 heterocycles. The van der Waals surface area contributed by atoms with Gasteiger partial charge in [0.05, 0.1) is 24.1 Å². The summed E-state index contributed by atoms with van der Waals surface area (Å²) in [6, 6.07) is 11.5. The monoisotopic (exact) mass is 496 g/mol. The van der Waals surface area contributed by atoms with Crippen molar-refractivity contribution >= 4 is 34.7 Å². The number of hydrogen-bond donors (Lipinski definition) is 0. The zero-order valence-electron chi connectivity index (χ0n) is 18.9. The molecular formula is C24H24N4O4S2. The van der Waals surface area contributed by atoms with Crippen LogP contribution in [0.5, 0.6) is 11.5 Å². The van der Waals surface area contributed by atoms with Gasteiger partial charge in [0.2, 0.25) is 5.91 Å². The summed E-state index contributed by atoms with van der Waals surface area (Å²) < 4.78 is 18.8. The molecule has 8 nitrogen and oxygen atoms in total. The molecule has 10 heteroatoms. The number of rotatable bonds is 8. The normalized spacial score (nSPS) is 12.6. The molecule has 1 aromatic carbocycles. The van der Waals surface area contributed by atoms with Gasteiger partial charge in [0.25, 0.3) is 0 Å². The zero-order valence-corrected chi connectivity index (χ0v) is 20.5. The van der Waals surface area contributed by atoms with Crippen LogP contribution in [0.2, 0.25) is 0 Å². The number of fused-ring (bicyclic) bond motifs is 1. The van der Waals surface area contributed by atoms with E-state index >= 15 is 0 Å². The first-order valence-electron chi connectivity index (χ1n) is 11.0. The number of nitrogens with zero attached hydrogens (tertiary/aromatic N) is 4. The number of aromatic nitrogens is 3. The van der Waals surface area contributed by atoms with Crippen molar-refractivity contribution in [3.63, 3.8) is 0 Å². The van der Waals surface area contributed by atoms with Crippen molar-refractivity contribution in [3.05, 3.63) is 58.7 Å². The van der Waals surface area contributed by atoms with Gasteiger partial charge < -0.3 is 23.4 Å². The van der Waals surface area contributed by atoms with E-state index in [-0.39, 0.29) is 11.7 Å². The second-order valence-corrected chi connectivity index (χ2v) is 9.59. The highest BCUT2D eigenvalue weighted by molar-refractivity contribution is 7.99. The molecule has 1 amide bonds. The maximum Gasteiger partial charge on any atom is 0.237 e. The Morgan fingerprint density at radius 2 is 2.03 bits per heavy atom. The Labute approximate surface area is 205 Å². The van der Waals surface area contributed by atoms with E-state index < -0.39 is 0 Å². The van der Waals surface area contributed by atoms with Crippen LogP contribution in [0, 0.1) is 6.92 Å². The summed E-state index contributed by atoms with van der Waals surface area (Å²) in [7, 11) is 0. The predicted octanol–water partition coefficient (Wildman–Crippen LogP) is 5.02. The van der Waals surface area contributed by atoms with Crippen molar-refractivity contribution in [3.8, 4) is 22.9 Å². The molecule has 176 valence electrons. The Balaban J connectivity index is 1.37. The van der Waals surface area contributed by atoms with Crippen molar-refractivity contribution in [1.82, 2.24) is 14.8 Å². The molecule has 34 heavy (non-hydrogen) atoms. The number of ether oxygens (including phenoxy) is 2. The summed E-state index contributed by atoms with van der Waals surface area (Å²) in [4.78, 5) is 16.3. The third-order valence-electron chi connectivity index (χ3n) is 5.49. The molecular weight excluding hydrogens is 472 g/mol. The first-order chi connectivity index (χ1) is 16.6. The third-order valence-corrected chi connectivity index (χ3v) is 7.30. The molecule has 0 N–H and O–H groups in total. The minimum absolute atomic E-state index is 0.0261. The number of thiophene rings is 1. The van der Waals surface area contributed by atoms with Gasteiger partial charge in [0.1, 0.15) is 19.0 Å². The number of benzene rings is 1. The largest absolute Gasteiger partial charge is 0.486 e. The highest BCUT2D eigenvalue weighted by Crippen LogP contribution is 2.35. The van der Waals surface area contributed by atoms with Crippen molar-refractivity contribution in [2.75, 3.05) is 23.9 Å². The van der Waals surface area contributed by atoms with Gasteiger partial charge in [0.15, 0.2) is 22.5 Å². The molecule has 0 aliphatic carbocycles. The van der Waals surface area contributed by atoms with Gasteiger partial charge in [-0.05, 0) is 43.5 Å². The average Bonchev–Trinajstić information content (AvgIpc) is 3.61. The van der Waals surface area contributed by atoms with Gasteiger partial charge in [-0.1, -0.05) is 17.8 Å². The molecule has 0 saturated carbocycles. The van der Waals surface area contributed by atoms with Gasteiger partial charge in [-0.15, -0.1) is 21.5 Å². The van der Waals surface area contributed by atoms with Crippen LogP contribution in [0.4, 0.5) is 5.69 Å². The third kappa shape index (κ3) is 4.55. The number of aryl methyl sites for hydroxylation is 1. The van der Waals surface area contributed by atoms with E-state index in [4.69, 9.17) is 13.9 Å². The molecule has 1 aliphatic rings. The van der Waals surface area contributed by atoms with Crippen LogP contribution >= 0.6 is 23.1 Å².